The molecule has 164 valence electrons. The van der Waals surface area contributed by atoms with E-state index < -0.39 is 5.91 Å². The van der Waals surface area contributed by atoms with Gasteiger partial charge in [0.1, 0.15) is 5.75 Å². The summed E-state index contributed by atoms with van der Waals surface area (Å²) in [7, 11) is 0. The maximum absolute atomic E-state index is 12.7. The van der Waals surface area contributed by atoms with E-state index in [4.69, 9.17) is 0 Å². The van der Waals surface area contributed by atoms with Gasteiger partial charge in [0.05, 0.1) is 23.4 Å². The van der Waals surface area contributed by atoms with Crippen LogP contribution in [0.4, 0.5) is 0 Å². The van der Waals surface area contributed by atoms with Gasteiger partial charge in [0.25, 0.3) is 5.91 Å². The van der Waals surface area contributed by atoms with E-state index in [0.29, 0.717) is 12.1 Å². The van der Waals surface area contributed by atoms with Gasteiger partial charge in [0.2, 0.25) is 0 Å². The first kappa shape index (κ1) is 21.0. The van der Waals surface area contributed by atoms with Crippen molar-refractivity contribution in [2.75, 3.05) is 0 Å². The zero-order valence-corrected chi connectivity index (χ0v) is 18.1. The lowest BCUT2D eigenvalue weighted by Crippen LogP contribution is -2.17. The standard InChI is InChI=1S/C28H20N4O2/c29-15-21-9-3-4-10-22(21)17-32-18-23(24-11-5-6-12-26(24)32)16-30-31-28(34)25-13-19-7-1-2-8-20(19)14-27(25)33/h1-14,16,18,33H,17H2,(H,31,34). The molecule has 0 aliphatic carbocycles. The van der Waals surface area contributed by atoms with Crippen LogP contribution < -0.4 is 5.43 Å². The van der Waals surface area contributed by atoms with Crippen molar-refractivity contribution in [1.82, 2.24) is 9.99 Å². The van der Waals surface area contributed by atoms with E-state index in [-0.39, 0.29) is 11.3 Å². The summed E-state index contributed by atoms with van der Waals surface area (Å²) in [6.45, 7) is 0.537. The van der Waals surface area contributed by atoms with Crippen LogP contribution in [-0.4, -0.2) is 21.8 Å². The number of phenolic OH excluding ortho intramolecular Hbond substituents is 1. The number of hydrogen-bond donors (Lipinski definition) is 2. The van der Waals surface area contributed by atoms with Gasteiger partial charge < -0.3 is 9.67 Å². The molecule has 0 aliphatic heterocycles. The Morgan fingerprint density at radius 3 is 2.53 bits per heavy atom. The van der Waals surface area contributed by atoms with Gasteiger partial charge in [-0.25, -0.2) is 5.43 Å². The Kier molecular flexibility index (Phi) is 5.51. The number of carbonyl (C=O) groups excluding carboxylic acids is 1. The normalized spacial score (nSPS) is 11.1. The van der Waals surface area contributed by atoms with Crippen LogP contribution in [0.25, 0.3) is 21.7 Å². The minimum atomic E-state index is -0.494. The van der Waals surface area contributed by atoms with Crippen LogP contribution in [0.1, 0.15) is 27.0 Å². The zero-order valence-electron chi connectivity index (χ0n) is 18.1. The number of hydrogen-bond acceptors (Lipinski definition) is 4. The molecule has 0 fully saturated rings. The monoisotopic (exact) mass is 444 g/mol. The molecule has 0 saturated carbocycles. The van der Waals surface area contributed by atoms with Gasteiger partial charge in [-0.15, -0.1) is 0 Å². The van der Waals surface area contributed by atoms with Crippen LogP contribution in [0.5, 0.6) is 5.75 Å². The lowest BCUT2D eigenvalue weighted by atomic mass is 10.1. The van der Waals surface area contributed by atoms with E-state index in [1.165, 1.54) is 0 Å². The zero-order chi connectivity index (χ0) is 23.5. The Hall–Kier alpha value is -4.89. The van der Waals surface area contributed by atoms with Gasteiger partial charge in [-0.2, -0.15) is 10.4 Å². The molecule has 34 heavy (non-hydrogen) atoms. The highest BCUT2D eigenvalue weighted by atomic mass is 16.3. The molecule has 0 bridgehead atoms. The third kappa shape index (κ3) is 3.98. The third-order valence-electron chi connectivity index (χ3n) is 5.78. The molecule has 1 aromatic heterocycles. The van der Waals surface area contributed by atoms with E-state index in [1.807, 2.05) is 72.9 Å². The number of phenols is 1. The number of nitrogens with zero attached hydrogens (tertiary/aromatic N) is 3. The molecule has 0 aliphatic rings. The molecule has 2 N–H and O–H groups in total. The summed E-state index contributed by atoms with van der Waals surface area (Å²) >= 11 is 0. The van der Waals surface area contributed by atoms with Crippen LogP contribution in [0.2, 0.25) is 0 Å². The average Bonchev–Trinajstić information content (AvgIpc) is 3.21. The quantitative estimate of drug-likeness (QED) is 0.289. The minimum Gasteiger partial charge on any atom is -0.507 e. The van der Waals surface area contributed by atoms with Crippen LogP contribution >= 0.6 is 0 Å². The second-order valence-electron chi connectivity index (χ2n) is 7.91. The van der Waals surface area contributed by atoms with Crippen LogP contribution in [-0.2, 0) is 6.54 Å². The highest BCUT2D eigenvalue weighted by Gasteiger charge is 2.13. The number of aromatic nitrogens is 1. The van der Waals surface area contributed by atoms with Crippen molar-refractivity contribution < 1.29 is 9.90 Å². The summed E-state index contributed by atoms with van der Waals surface area (Å²) in [5, 5.41) is 26.5. The summed E-state index contributed by atoms with van der Waals surface area (Å²) in [6, 6.07) is 28.4. The van der Waals surface area contributed by atoms with Crippen molar-refractivity contribution in [2.45, 2.75) is 6.54 Å². The molecule has 5 aromatic rings. The first-order valence-electron chi connectivity index (χ1n) is 10.7. The molecular weight excluding hydrogens is 424 g/mol. The molecule has 0 atom stereocenters. The number of rotatable bonds is 5. The first-order chi connectivity index (χ1) is 16.6. The molecule has 0 saturated heterocycles. The van der Waals surface area contributed by atoms with Crippen molar-refractivity contribution in [3.05, 3.63) is 113 Å². The van der Waals surface area contributed by atoms with Crippen LogP contribution in [0.15, 0.2) is 96.2 Å². The maximum Gasteiger partial charge on any atom is 0.275 e. The Bertz CT molecular complexity index is 1610. The van der Waals surface area contributed by atoms with Gasteiger partial charge in [-0.3, -0.25) is 4.79 Å². The number of nitriles is 1. The summed E-state index contributed by atoms with van der Waals surface area (Å²) in [5.74, 6) is -0.592. The van der Waals surface area contributed by atoms with E-state index >= 15 is 0 Å². The van der Waals surface area contributed by atoms with Crippen molar-refractivity contribution in [3.8, 4) is 11.8 Å². The van der Waals surface area contributed by atoms with Crippen molar-refractivity contribution in [2.24, 2.45) is 5.10 Å². The third-order valence-corrected chi connectivity index (χ3v) is 5.78. The number of para-hydroxylation sites is 1. The smallest absolute Gasteiger partial charge is 0.275 e. The topological polar surface area (TPSA) is 90.4 Å². The first-order valence-corrected chi connectivity index (χ1v) is 10.7. The number of nitrogens with one attached hydrogen (secondary N) is 1. The molecule has 6 heteroatoms. The molecule has 0 spiro atoms. The molecule has 0 radical (unpaired) electrons. The van der Waals surface area contributed by atoms with Crippen LogP contribution in [0.3, 0.4) is 0 Å². The predicted octanol–water partition coefficient (Wildman–Crippen LogP) is 5.18. The van der Waals surface area contributed by atoms with Crippen LogP contribution in [0, 0.1) is 11.3 Å². The lowest BCUT2D eigenvalue weighted by Gasteiger charge is -2.07. The molecule has 5 rings (SSSR count). The molecule has 6 nitrogen and oxygen atoms in total. The largest absolute Gasteiger partial charge is 0.507 e. The highest BCUT2D eigenvalue weighted by molar-refractivity contribution is 6.03. The molecule has 1 heterocycles. The molecular formula is C28H20N4O2. The Morgan fingerprint density at radius 1 is 1.00 bits per heavy atom. The fourth-order valence-corrected chi connectivity index (χ4v) is 4.09. The Labute approximate surface area is 196 Å². The summed E-state index contributed by atoms with van der Waals surface area (Å²) in [6.07, 6.45) is 3.53. The van der Waals surface area contributed by atoms with Crippen molar-refractivity contribution in [1.29, 1.82) is 5.26 Å². The number of benzene rings is 4. The van der Waals surface area contributed by atoms with E-state index in [9.17, 15) is 15.2 Å². The molecule has 4 aromatic carbocycles. The second kappa shape index (κ2) is 8.93. The minimum absolute atomic E-state index is 0.0980. The molecule has 1 amide bonds. The average molecular weight is 444 g/mol. The SMILES string of the molecule is N#Cc1ccccc1Cn1cc(C=NNC(=O)c2cc3ccccc3cc2O)c2ccccc21. The number of carbonyl (C=O) groups is 1. The fraction of sp³-hybridized carbons (Fsp3) is 0.0357. The fourth-order valence-electron chi connectivity index (χ4n) is 4.09. The van der Waals surface area contributed by atoms with Gasteiger partial charge in [0, 0.05) is 29.2 Å². The highest BCUT2D eigenvalue weighted by Crippen LogP contribution is 2.25. The van der Waals surface area contributed by atoms with Gasteiger partial charge >= 0.3 is 0 Å². The number of hydrazone groups is 1. The summed E-state index contributed by atoms with van der Waals surface area (Å²) in [5.41, 5.74) is 6.06. The van der Waals surface area contributed by atoms with E-state index in [2.05, 4.69) is 21.2 Å². The second-order valence-corrected chi connectivity index (χ2v) is 7.91. The van der Waals surface area contributed by atoms with Gasteiger partial charge in [0.15, 0.2) is 0 Å². The van der Waals surface area contributed by atoms with E-state index in [0.717, 1.165) is 32.8 Å². The summed E-state index contributed by atoms with van der Waals surface area (Å²) < 4.78 is 2.06. The number of amides is 1. The number of aromatic hydroxyl groups is 1. The molecule has 0 unspecified atom stereocenters. The predicted molar refractivity (Wildman–Crippen MR) is 133 cm³/mol. The van der Waals surface area contributed by atoms with Gasteiger partial charge in [-0.05, 0) is 40.6 Å². The Morgan fingerprint density at radius 2 is 1.71 bits per heavy atom. The summed E-state index contributed by atoms with van der Waals surface area (Å²) in [4.78, 5) is 12.7. The van der Waals surface area contributed by atoms with Crippen molar-refractivity contribution in [3.63, 3.8) is 0 Å². The van der Waals surface area contributed by atoms with Gasteiger partial charge in [-0.1, -0.05) is 60.7 Å². The maximum atomic E-state index is 12.7. The Balaban J connectivity index is 1.41. The lowest BCUT2D eigenvalue weighted by molar-refractivity contribution is 0.0952. The number of fused-ring (bicyclic) bond motifs is 2. The van der Waals surface area contributed by atoms with Crippen molar-refractivity contribution >= 4 is 33.8 Å². The van der Waals surface area contributed by atoms with E-state index in [1.54, 1.807) is 24.4 Å².